The highest BCUT2D eigenvalue weighted by atomic mass is 32.1. The van der Waals surface area contributed by atoms with Crippen LogP contribution in [0.2, 0.25) is 0 Å². The van der Waals surface area contributed by atoms with E-state index >= 15 is 0 Å². The molecule has 0 atom stereocenters. The van der Waals surface area contributed by atoms with Crippen molar-refractivity contribution in [1.29, 1.82) is 0 Å². The van der Waals surface area contributed by atoms with E-state index in [0.29, 0.717) is 6.54 Å². The zero-order chi connectivity index (χ0) is 10.5. The van der Waals surface area contributed by atoms with Gasteiger partial charge in [0.1, 0.15) is 0 Å². The predicted molar refractivity (Wildman–Crippen MR) is 65.9 cm³/mol. The molecule has 0 unspecified atom stereocenters. The third-order valence-corrected chi connectivity index (χ3v) is 3.51. The Morgan fingerprint density at radius 2 is 2.33 bits per heavy atom. The fourth-order valence-electron chi connectivity index (χ4n) is 1.69. The topological polar surface area (TPSA) is 29.3 Å². The molecule has 2 nitrogen and oxygen atoms in total. The van der Waals surface area contributed by atoms with E-state index in [1.54, 1.807) is 0 Å². The van der Waals surface area contributed by atoms with Crippen LogP contribution in [0.1, 0.15) is 17.7 Å². The van der Waals surface area contributed by atoms with Gasteiger partial charge in [0.2, 0.25) is 0 Å². The van der Waals surface area contributed by atoms with Crippen molar-refractivity contribution in [2.24, 2.45) is 5.73 Å². The van der Waals surface area contributed by atoms with Gasteiger partial charge in [0.25, 0.3) is 0 Å². The van der Waals surface area contributed by atoms with Crippen molar-refractivity contribution in [2.45, 2.75) is 25.4 Å². The van der Waals surface area contributed by atoms with E-state index in [1.165, 1.54) is 17.7 Å². The van der Waals surface area contributed by atoms with Crippen molar-refractivity contribution in [3.05, 3.63) is 34.5 Å². The molecule has 1 aliphatic carbocycles. The van der Waals surface area contributed by atoms with E-state index in [4.69, 9.17) is 5.73 Å². The Balaban J connectivity index is 1.86. The summed E-state index contributed by atoms with van der Waals surface area (Å²) in [4.78, 5) is 4.00. The zero-order valence-electron chi connectivity index (χ0n) is 8.93. The second-order valence-corrected chi connectivity index (χ2v) is 4.98. The summed E-state index contributed by atoms with van der Waals surface area (Å²) in [5.74, 6) is 0. The average Bonchev–Trinajstić information content (AvgIpc) is 2.97. The molecular formula is C12H18N2S. The molecule has 0 aromatic carbocycles. The molecule has 1 saturated carbocycles. The number of nitrogens with two attached hydrogens (primary N) is 1. The van der Waals surface area contributed by atoms with Crippen LogP contribution in [0.15, 0.2) is 29.7 Å². The number of hydrogen-bond acceptors (Lipinski definition) is 3. The Hall–Kier alpha value is -0.640. The lowest BCUT2D eigenvalue weighted by molar-refractivity contribution is 0.286. The van der Waals surface area contributed by atoms with Crippen molar-refractivity contribution >= 4 is 11.3 Å². The van der Waals surface area contributed by atoms with Gasteiger partial charge in [0.15, 0.2) is 0 Å². The van der Waals surface area contributed by atoms with Gasteiger partial charge in [-0.1, -0.05) is 18.2 Å². The van der Waals surface area contributed by atoms with Crippen LogP contribution in [0.5, 0.6) is 0 Å². The van der Waals surface area contributed by atoms with Crippen molar-refractivity contribution in [1.82, 2.24) is 4.90 Å². The maximum absolute atomic E-state index is 5.44. The number of hydrogen-bond donors (Lipinski definition) is 1. The first-order chi connectivity index (χ1) is 7.40. The summed E-state index contributed by atoms with van der Waals surface area (Å²) in [6, 6.07) is 5.16. The molecule has 0 spiro atoms. The van der Waals surface area contributed by atoms with Gasteiger partial charge in [-0.05, 0) is 24.3 Å². The smallest absolute Gasteiger partial charge is 0.0334 e. The second kappa shape index (κ2) is 5.45. The monoisotopic (exact) mass is 222 g/mol. The molecule has 0 amide bonds. The summed E-state index contributed by atoms with van der Waals surface area (Å²) in [6.45, 7) is 2.79. The van der Waals surface area contributed by atoms with Gasteiger partial charge in [0.05, 0.1) is 0 Å². The molecule has 1 fully saturated rings. The quantitative estimate of drug-likeness (QED) is 0.748. The van der Waals surface area contributed by atoms with E-state index < -0.39 is 0 Å². The minimum atomic E-state index is 0.650. The Morgan fingerprint density at radius 1 is 1.47 bits per heavy atom. The molecule has 0 saturated heterocycles. The Morgan fingerprint density at radius 3 is 2.93 bits per heavy atom. The summed E-state index contributed by atoms with van der Waals surface area (Å²) >= 11 is 1.85. The van der Waals surface area contributed by atoms with E-state index in [-0.39, 0.29) is 0 Å². The minimum absolute atomic E-state index is 0.650. The molecule has 15 heavy (non-hydrogen) atoms. The lowest BCUT2D eigenvalue weighted by atomic mass is 10.3. The lowest BCUT2D eigenvalue weighted by Crippen LogP contribution is -2.25. The van der Waals surface area contributed by atoms with Crippen LogP contribution in [-0.4, -0.2) is 24.0 Å². The maximum atomic E-state index is 5.44. The van der Waals surface area contributed by atoms with Crippen molar-refractivity contribution in [3.8, 4) is 0 Å². The molecule has 1 aromatic heterocycles. The van der Waals surface area contributed by atoms with Crippen LogP contribution in [0.4, 0.5) is 0 Å². The highest BCUT2D eigenvalue weighted by Crippen LogP contribution is 2.28. The molecular weight excluding hydrogens is 204 g/mol. The first kappa shape index (κ1) is 10.9. The first-order valence-electron chi connectivity index (χ1n) is 5.51. The number of thiophene rings is 1. The second-order valence-electron chi connectivity index (χ2n) is 3.95. The van der Waals surface area contributed by atoms with E-state index in [9.17, 15) is 0 Å². The minimum Gasteiger partial charge on any atom is -0.327 e. The van der Waals surface area contributed by atoms with Crippen molar-refractivity contribution in [3.63, 3.8) is 0 Å². The van der Waals surface area contributed by atoms with Gasteiger partial charge >= 0.3 is 0 Å². The largest absolute Gasteiger partial charge is 0.327 e. The van der Waals surface area contributed by atoms with Gasteiger partial charge in [-0.15, -0.1) is 11.3 Å². The van der Waals surface area contributed by atoms with E-state index in [0.717, 1.165) is 19.1 Å². The highest BCUT2D eigenvalue weighted by molar-refractivity contribution is 7.09. The third kappa shape index (κ3) is 3.45. The van der Waals surface area contributed by atoms with Gasteiger partial charge < -0.3 is 5.73 Å². The van der Waals surface area contributed by atoms with Crippen LogP contribution in [0.3, 0.4) is 0 Å². The molecule has 82 valence electrons. The van der Waals surface area contributed by atoms with Crippen LogP contribution < -0.4 is 5.73 Å². The van der Waals surface area contributed by atoms with Gasteiger partial charge in [-0.2, -0.15) is 0 Å². The highest BCUT2D eigenvalue weighted by Gasteiger charge is 2.28. The predicted octanol–water partition coefficient (Wildman–Crippen LogP) is 2.23. The molecule has 1 heterocycles. The van der Waals surface area contributed by atoms with Crippen LogP contribution in [0.25, 0.3) is 0 Å². The number of nitrogens with zero attached hydrogens (tertiary/aromatic N) is 1. The lowest BCUT2D eigenvalue weighted by Gasteiger charge is -2.19. The fraction of sp³-hybridized carbons (Fsp3) is 0.500. The molecule has 1 aromatic rings. The van der Waals surface area contributed by atoms with Crippen LogP contribution in [0, 0.1) is 0 Å². The normalized spacial score (nSPS) is 16.7. The third-order valence-electron chi connectivity index (χ3n) is 2.64. The zero-order valence-corrected chi connectivity index (χ0v) is 9.75. The van der Waals surface area contributed by atoms with Gasteiger partial charge in [-0.25, -0.2) is 0 Å². The van der Waals surface area contributed by atoms with Crippen LogP contribution in [-0.2, 0) is 6.54 Å². The van der Waals surface area contributed by atoms with Crippen LogP contribution >= 0.6 is 11.3 Å². The molecule has 3 heteroatoms. The van der Waals surface area contributed by atoms with Gasteiger partial charge in [0, 0.05) is 30.6 Å². The SMILES string of the molecule is NCC=CCN(Cc1cccs1)C1CC1. The summed E-state index contributed by atoms with van der Waals surface area (Å²) in [5, 5.41) is 2.15. The molecule has 0 bridgehead atoms. The average molecular weight is 222 g/mol. The summed E-state index contributed by atoms with van der Waals surface area (Å²) < 4.78 is 0. The van der Waals surface area contributed by atoms with Crippen molar-refractivity contribution in [2.75, 3.05) is 13.1 Å². The first-order valence-corrected chi connectivity index (χ1v) is 6.39. The Bertz CT molecular complexity index is 301. The summed E-state index contributed by atoms with van der Waals surface area (Å²) in [6.07, 6.45) is 6.96. The maximum Gasteiger partial charge on any atom is 0.0334 e. The molecule has 0 aliphatic heterocycles. The Labute approximate surface area is 95.4 Å². The fourth-order valence-corrected chi connectivity index (χ4v) is 2.42. The molecule has 2 rings (SSSR count). The Kier molecular flexibility index (Phi) is 3.94. The summed E-state index contributed by atoms with van der Waals surface area (Å²) in [5.41, 5.74) is 5.44. The molecule has 1 aliphatic rings. The van der Waals surface area contributed by atoms with E-state index in [2.05, 4.69) is 28.5 Å². The standard InChI is InChI=1S/C12H18N2S/c13-7-1-2-8-14(11-5-6-11)10-12-4-3-9-15-12/h1-4,9,11H,5-8,10,13H2. The van der Waals surface area contributed by atoms with Crippen molar-refractivity contribution < 1.29 is 0 Å². The van der Waals surface area contributed by atoms with E-state index in [1.807, 2.05) is 17.4 Å². The molecule has 2 N–H and O–H groups in total. The molecule has 0 radical (unpaired) electrons. The number of rotatable bonds is 6. The van der Waals surface area contributed by atoms with Gasteiger partial charge in [-0.3, -0.25) is 4.90 Å². The summed E-state index contributed by atoms with van der Waals surface area (Å²) in [7, 11) is 0.